The monoisotopic (exact) mass is 173 g/mol. The molecule has 0 atom stereocenters. The molecule has 0 aromatic heterocycles. The van der Waals surface area contributed by atoms with E-state index in [0.717, 1.165) is 12.8 Å². The maximum atomic E-state index is 5.09. The molecule has 0 unspecified atom stereocenters. The Balaban J connectivity index is 3.01. The normalized spacial score (nSPS) is 12.0. The lowest BCUT2D eigenvalue weighted by molar-refractivity contribution is -0.348. The first-order chi connectivity index (χ1) is 5.56. The van der Waals surface area contributed by atoms with E-state index >= 15 is 0 Å². The standard InChI is InChI=1S/C10H21O2/c1-5-6-7-8-9-11-12-10(2,3)4/h1,5-9H2,2-4H3. The largest absolute Gasteiger partial charge is 0.236 e. The van der Waals surface area contributed by atoms with E-state index in [0.29, 0.717) is 6.61 Å². The molecule has 0 saturated heterocycles. The average molecular weight is 173 g/mol. The van der Waals surface area contributed by atoms with Crippen LogP contribution in [-0.2, 0) is 9.78 Å². The van der Waals surface area contributed by atoms with Crippen molar-refractivity contribution in [3.05, 3.63) is 6.92 Å². The van der Waals surface area contributed by atoms with E-state index in [-0.39, 0.29) is 5.60 Å². The predicted molar refractivity (Wildman–Crippen MR) is 50.6 cm³/mol. The van der Waals surface area contributed by atoms with Crippen LogP contribution < -0.4 is 0 Å². The van der Waals surface area contributed by atoms with Gasteiger partial charge in [0.1, 0.15) is 0 Å². The Kier molecular flexibility index (Phi) is 6.39. The second-order valence-corrected chi connectivity index (χ2v) is 3.93. The van der Waals surface area contributed by atoms with E-state index in [1.54, 1.807) is 0 Å². The van der Waals surface area contributed by atoms with Gasteiger partial charge >= 0.3 is 0 Å². The molecule has 2 heteroatoms. The van der Waals surface area contributed by atoms with E-state index in [4.69, 9.17) is 9.78 Å². The molecule has 0 heterocycles. The van der Waals surface area contributed by atoms with Gasteiger partial charge in [-0.05, 0) is 27.2 Å². The van der Waals surface area contributed by atoms with Gasteiger partial charge in [-0.2, -0.15) is 0 Å². The van der Waals surface area contributed by atoms with Crippen LogP contribution in [0.2, 0.25) is 0 Å². The molecule has 0 aliphatic rings. The molecule has 12 heavy (non-hydrogen) atoms. The topological polar surface area (TPSA) is 18.5 Å². The van der Waals surface area contributed by atoms with Crippen LogP contribution in [0.4, 0.5) is 0 Å². The molecule has 0 saturated carbocycles. The van der Waals surface area contributed by atoms with E-state index in [1.165, 1.54) is 12.8 Å². The average Bonchev–Trinajstić information content (AvgIpc) is 1.94. The maximum absolute atomic E-state index is 5.09. The van der Waals surface area contributed by atoms with Crippen LogP contribution >= 0.6 is 0 Å². The summed E-state index contributed by atoms with van der Waals surface area (Å²) in [5.74, 6) is 0. The zero-order valence-corrected chi connectivity index (χ0v) is 8.56. The Morgan fingerprint density at radius 3 is 2.25 bits per heavy atom. The molecule has 0 aromatic rings. The van der Waals surface area contributed by atoms with Crippen molar-refractivity contribution in [1.82, 2.24) is 0 Å². The molecule has 2 nitrogen and oxygen atoms in total. The van der Waals surface area contributed by atoms with Crippen LogP contribution in [0.5, 0.6) is 0 Å². The van der Waals surface area contributed by atoms with Crippen LogP contribution in [0, 0.1) is 6.92 Å². The van der Waals surface area contributed by atoms with Gasteiger partial charge in [0.2, 0.25) is 0 Å². The molecule has 0 amide bonds. The minimum absolute atomic E-state index is 0.188. The summed E-state index contributed by atoms with van der Waals surface area (Å²) in [5.41, 5.74) is -0.188. The maximum Gasteiger partial charge on any atom is 0.0952 e. The summed E-state index contributed by atoms with van der Waals surface area (Å²) < 4.78 is 0. The summed E-state index contributed by atoms with van der Waals surface area (Å²) in [6.07, 6.45) is 4.43. The van der Waals surface area contributed by atoms with Crippen LogP contribution in [0.3, 0.4) is 0 Å². The van der Waals surface area contributed by atoms with Gasteiger partial charge in [-0.1, -0.05) is 26.2 Å². The van der Waals surface area contributed by atoms with Crippen LogP contribution in [-0.4, -0.2) is 12.2 Å². The summed E-state index contributed by atoms with van der Waals surface area (Å²) in [7, 11) is 0. The fourth-order valence-corrected chi connectivity index (χ4v) is 0.733. The fraction of sp³-hybridized carbons (Fsp3) is 0.900. The molecule has 1 radical (unpaired) electrons. The lowest BCUT2D eigenvalue weighted by atomic mass is 10.2. The Bertz CT molecular complexity index is 94.5. The number of hydrogen-bond acceptors (Lipinski definition) is 2. The Labute approximate surface area is 76.2 Å². The number of unbranched alkanes of at least 4 members (excludes halogenated alkanes) is 3. The highest BCUT2D eigenvalue weighted by atomic mass is 17.2. The number of rotatable bonds is 6. The first-order valence-electron chi connectivity index (χ1n) is 4.66. The second kappa shape index (κ2) is 6.44. The summed E-state index contributed by atoms with van der Waals surface area (Å²) in [4.78, 5) is 10.1. The van der Waals surface area contributed by atoms with Gasteiger partial charge in [0.15, 0.2) is 0 Å². The van der Waals surface area contributed by atoms with E-state index in [2.05, 4.69) is 6.92 Å². The Hall–Kier alpha value is -0.0800. The highest BCUT2D eigenvalue weighted by molar-refractivity contribution is 4.54. The van der Waals surface area contributed by atoms with E-state index in [9.17, 15) is 0 Å². The second-order valence-electron chi connectivity index (χ2n) is 3.93. The van der Waals surface area contributed by atoms with Gasteiger partial charge in [-0.25, -0.2) is 9.78 Å². The zero-order chi connectivity index (χ0) is 9.45. The van der Waals surface area contributed by atoms with Gasteiger partial charge in [0.25, 0.3) is 0 Å². The molecule has 0 aromatic carbocycles. The first-order valence-corrected chi connectivity index (χ1v) is 4.66. The minimum atomic E-state index is -0.188. The molecular weight excluding hydrogens is 152 g/mol. The van der Waals surface area contributed by atoms with Gasteiger partial charge in [0.05, 0.1) is 12.2 Å². The molecule has 0 aliphatic carbocycles. The van der Waals surface area contributed by atoms with E-state index in [1.807, 2.05) is 20.8 Å². The molecule has 0 fully saturated rings. The van der Waals surface area contributed by atoms with Crippen molar-refractivity contribution < 1.29 is 9.78 Å². The number of hydrogen-bond donors (Lipinski definition) is 0. The third kappa shape index (κ3) is 9.92. The predicted octanol–water partition coefficient (Wildman–Crippen LogP) is 3.13. The Morgan fingerprint density at radius 2 is 1.75 bits per heavy atom. The lowest BCUT2D eigenvalue weighted by Crippen LogP contribution is -2.19. The van der Waals surface area contributed by atoms with Crippen molar-refractivity contribution in [3.8, 4) is 0 Å². The van der Waals surface area contributed by atoms with Gasteiger partial charge < -0.3 is 0 Å². The highest BCUT2D eigenvalue weighted by Crippen LogP contribution is 2.07. The fourth-order valence-electron chi connectivity index (χ4n) is 0.733. The summed E-state index contributed by atoms with van der Waals surface area (Å²) in [5, 5.41) is 0. The summed E-state index contributed by atoms with van der Waals surface area (Å²) >= 11 is 0. The van der Waals surface area contributed by atoms with Crippen LogP contribution in [0.1, 0.15) is 46.5 Å². The van der Waals surface area contributed by atoms with Gasteiger partial charge in [-0.15, -0.1) is 0 Å². The highest BCUT2D eigenvalue weighted by Gasteiger charge is 2.10. The molecule has 0 rings (SSSR count). The summed E-state index contributed by atoms with van der Waals surface area (Å²) in [6.45, 7) is 10.4. The molecule has 0 bridgehead atoms. The van der Waals surface area contributed by atoms with Crippen molar-refractivity contribution in [3.63, 3.8) is 0 Å². The van der Waals surface area contributed by atoms with Crippen molar-refractivity contribution in [2.75, 3.05) is 6.61 Å². The molecule has 0 aliphatic heterocycles. The van der Waals surface area contributed by atoms with Gasteiger partial charge in [0, 0.05) is 0 Å². The van der Waals surface area contributed by atoms with Gasteiger partial charge in [-0.3, -0.25) is 0 Å². The zero-order valence-electron chi connectivity index (χ0n) is 8.56. The third-order valence-corrected chi connectivity index (χ3v) is 1.29. The third-order valence-electron chi connectivity index (χ3n) is 1.29. The molecular formula is C10H21O2. The van der Waals surface area contributed by atoms with Crippen LogP contribution in [0.15, 0.2) is 0 Å². The first kappa shape index (κ1) is 11.9. The lowest BCUT2D eigenvalue weighted by Gasteiger charge is -2.17. The Morgan fingerprint density at radius 1 is 1.08 bits per heavy atom. The summed E-state index contributed by atoms with van der Waals surface area (Å²) in [6, 6.07) is 0. The molecule has 0 spiro atoms. The molecule has 73 valence electrons. The quantitative estimate of drug-likeness (QED) is 0.349. The minimum Gasteiger partial charge on any atom is -0.236 e. The van der Waals surface area contributed by atoms with Crippen LogP contribution in [0.25, 0.3) is 0 Å². The van der Waals surface area contributed by atoms with Crippen molar-refractivity contribution >= 4 is 0 Å². The SMILES string of the molecule is [CH2]CCCCCOOC(C)(C)C. The van der Waals surface area contributed by atoms with E-state index < -0.39 is 0 Å². The van der Waals surface area contributed by atoms with Crippen molar-refractivity contribution in [2.45, 2.75) is 52.1 Å². The molecule has 0 N–H and O–H groups in total. The smallest absolute Gasteiger partial charge is 0.0952 e. The van der Waals surface area contributed by atoms with Crippen molar-refractivity contribution in [2.24, 2.45) is 0 Å². The van der Waals surface area contributed by atoms with Crippen molar-refractivity contribution in [1.29, 1.82) is 0 Å².